The Kier molecular flexibility index (Phi) is 3.44. The molecule has 0 bridgehead atoms. The quantitative estimate of drug-likeness (QED) is 0.728. The summed E-state index contributed by atoms with van der Waals surface area (Å²) in [5.74, 6) is 0.766. The van der Waals surface area contributed by atoms with Gasteiger partial charge in [-0.1, -0.05) is 32.9 Å². The molecule has 0 spiro atoms. The molecule has 2 nitrogen and oxygen atoms in total. The van der Waals surface area contributed by atoms with E-state index in [2.05, 4.69) is 42.9 Å². The number of hydrogen-bond acceptors (Lipinski definition) is 2. The minimum absolute atomic E-state index is 0.259. The molecule has 0 saturated carbocycles. The predicted octanol–water partition coefficient (Wildman–Crippen LogP) is 4.16. The Bertz CT molecular complexity index is 507. The van der Waals surface area contributed by atoms with Crippen LogP contribution in [-0.4, -0.2) is 11.2 Å². The number of aromatic nitrogens is 1. The fourth-order valence-corrected chi connectivity index (χ4v) is 2.64. The van der Waals surface area contributed by atoms with Crippen molar-refractivity contribution in [2.24, 2.45) is 4.99 Å². The molecule has 0 aliphatic rings. The summed E-state index contributed by atoms with van der Waals surface area (Å²) in [6.45, 7) is 6.75. The Morgan fingerprint density at radius 1 is 1.18 bits per heavy atom. The second-order valence-corrected chi connectivity index (χ2v) is 6.39. The van der Waals surface area contributed by atoms with E-state index in [1.54, 1.807) is 6.20 Å². The first-order valence-corrected chi connectivity index (χ1v) is 6.70. The van der Waals surface area contributed by atoms with Crippen LogP contribution in [0.3, 0.4) is 0 Å². The van der Waals surface area contributed by atoms with Crippen LogP contribution in [-0.2, 0) is 5.41 Å². The van der Waals surface area contributed by atoms with E-state index in [9.17, 15) is 0 Å². The average molecular weight is 244 g/mol. The van der Waals surface area contributed by atoms with Gasteiger partial charge in [-0.3, -0.25) is 0 Å². The molecule has 0 aromatic carbocycles. The molecule has 0 N–H and O–H groups in total. The van der Waals surface area contributed by atoms with Crippen molar-refractivity contribution in [3.8, 4) is 0 Å². The van der Waals surface area contributed by atoms with Crippen LogP contribution in [0.25, 0.3) is 0 Å². The minimum Gasteiger partial charge on any atom is -0.237 e. The molecule has 0 radical (unpaired) electrons. The van der Waals surface area contributed by atoms with Gasteiger partial charge in [-0.05, 0) is 28.9 Å². The molecule has 3 heteroatoms. The molecule has 0 fully saturated rings. The lowest BCUT2D eigenvalue weighted by Crippen LogP contribution is -2.07. The van der Waals surface area contributed by atoms with Gasteiger partial charge in [0.05, 0.1) is 0 Å². The third-order valence-electron chi connectivity index (χ3n) is 2.50. The van der Waals surface area contributed by atoms with E-state index < -0.39 is 0 Å². The van der Waals surface area contributed by atoms with E-state index in [-0.39, 0.29) is 5.41 Å². The van der Waals surface area contributed by atoms with Crippen molar-refractivity contribution in [3.05, 3.63) is 47.1 Å². The van der Waals surface area contributed by atoms with Gasteiger partial charge in [0.2, 0.25) is 0 Å². The van der Waals surface area contributed by atoms with E-state index >= 15 is 0 Å². The summed E-state index contributed by atoms with van der Waals surface area (Å²) in [7, 11) is 0.739. The molecular weight excluding hydrogens is 227 g/mol. The van der Waals surface area contributed by atoms with Crippen molar-refractivity contribution in [2.45, 2.75) is 26.2 Å². The maximum atomic E-state index is 4.37. The van der Waals surface area contributed by atoms with Gasteiger partial charge in [0, 0.05) is 17.7 Å². The Labute approximate surface area is 104 Å². The van der Waals surface area contributed by atoms with Crippen LogP contribution in [0.15, 0.2) is 41.5 Å². The number of aliphatic imine (C=N–C) groups is 1. The molecule has 0 amide bonds. The molecule has 1 unspecified atom stereocenters. The maximum absolute atomic E-state index is 4.37. The first kappa shape index (κ1) is 12.1. The number of rotatable bonds is 2. The Morgan fingerprint density at radius 3 is 2.59 bits per heavy atom. The van der Waals surface area contributed by atoms with Gasteiger partial charge in [-0.25, -0.2) is 9.98 Å². The molecule has 88 valence electrons. The fraction of sp³-hybridized carbons (Fsp3) is 0.286. The molecule has 17 heavy (non-hydrogen) atoms. The molecule has 0 saturated heterocycles. The van der Waals surface area contributed by atoms with Gasteiger partial charge in [0.15, 0.2) is 5.82 Å². The highest BCUT2D eigenvalue weighted by Crippen LogP contribution is 2.32. The van der Waals surface area contributed by atoms with Crippen LogP contribution >= 0.6 is 8.19 Å². The first-order chi connectivity index (χ1) is 8.05. The molecule has 2 heterocycles. The highest BCUT2D eigenvalue weighted by atomic mass is 31.0. The largest absolute Gasteiger partial charge is 0.237 e. The van der Waals surface area contributed by atoms with Crippen LogP contribution < -0.4 is 0 Å². The number of hydrogen-bond donors (Lipinski definition) is 0. The second-order valence-electron chi connectivity index (χ2n) is 5.02. The zero-order valence-electron chi connectivity index (χ0n) is 10.4. The number of nitrogens with zero attached hydrogens (tertiary/aromatic N) is 2. The molecular formula is C14H17N2P. The third-order valence-corrected chi connectivity index (χ3v) is 4.27. The summed E-state index contributed by atoms with van der Waals surface area (Å²) >= 11 is 0. The van der Waals surface area contributed by atoms with E-state index in [1.165, 1.54) is 10.6 Å². The van der Waals surface area contributed by atoms with Gasteiger partial charge in [0.1, 0.15) is 0 Å². The lowest BCUT2D eigenvalue weighted by molar-refractivity contribution is 0.604. The smallest absolute Gasteiger partial charge is 0.151 e. The first-order valence-electron chi connectivity index (χ1n) is 5.70. The number of pyridine rings is 1. The van der Waals surface area contributed by atoms with Gasteiger partial charge < -0.3 is 0 Å². The van der Waals surface area contributed by atoms with Crippen molar-refractivity contribution < 1.29 is 0 Å². The summed E-state index contributed by atoms with van der Waals surface area (Å²) in [6, 6.07) is 10.1. The van der Waals surface area contributed by atoms with Crippen molar-refractivity contribution in [3.63, 3.8) is 0 Å². The Morgan fingerprint density at radius 2 is 2.00 bits per heavy atom. The Balaban J connectivity index is 2.15. The van der Waals surface area contributed by atoms with Gasteiger partial charge in [0.25, 0.3) is 0 Å². The second kappa shape index (κ2) is 4.85. The zero-order chi connectivity index (χ0) is 12.3. The van der Waals surface area contributed by atoms with Crippen molar-refractivity contribution in [1.29, 1.82) is 0 Å². The zero-order valence-corrected chi connectivity index (χ0v) is 11.4. The maximum Gasteiger partial charge on any atom is 0.151 e. The van der Waals surface area contributed by atoms with Crippen LogP contribution in [0.5, 0.6) is 0 Å². The fourth-order valence-electron chi connectivity index (χ4n) is 1.49. The van der Waals surface area contributed by atoms with Crippen molar-refractivity contribution in [2.75, 3.05) is 0 Å². The molecule has 0 aliphatic carbocycles. The summed E-state index contributed by atoms with van der Waals surface area (Å²) in [5, 5.41) is 2.76. The van der Waals surface area contributed by atoms with Crippen molar-refractivity contribution in [1.82, 2.24) is 4.98 Å². The average Bonchev–Trinajstić information content (AvgIpc) is 2.76. The summed E-state index contributed by atoms with van der Waals surface area (Å²) < 4.78 is 0. The predicted molar refractivity (Wildman–Crippen MR) is 76.1 cm³/mol. The standard InChI is InChI=1S/C14H17N2P/c1-14(2,3)12-8-7-11(17-12)10-16-13-6-4-5-9-15-13/h4-10,17H,1-3H3/b16-10+. The lowest BCUT2D eigenvalue weighted by Gasteiger charge is -2.15. The Hall–Kier alpha value is -1.40. The van der Waals surface area contributed by atoms with E-state index in [0.29, 0.717) is 0 Å². The van der Waals surface area contributed by atoms with Gasteiger partial charge >= 0.3 is 0 Å². The highest BCUT2D eigenvalue weighted by Gasteiger charge is 2.14. The summed E-state index contributed by atoms with van der Waals surface area (Å²) in [6.07, 6.45) is 3.69. The van der Waals surface area contributed by atoms with Crippen LogP contribution in [0.4, 0.5) is 5.82 Å². The van der Waals surface area contributed by atoms with Gasteiger partial charge in [-0.15, -0.1) is 8.19 Å². The third kappa shape index (κ3) is 3.28. The van der Waals surface area contributed by atoms with Gasteiger partial charge in [-0.2, -0.15) is 0 Å². The molecule has 2 aromatic rings. The van der Waals surface area contributed by atoms with Crippen LogP contribution in [0.2, 0.25) is 0 Å². The van der Waals surface area contributed by atoms with E-state index in [4.69, 9.17) is 0 Å². The monoisotopic (exact) mass is 244 g/mol. The molecule has 1 atom stereocenters. The molecule has 0 aliphatic heterocycles. The topological polar surface area (TPSA) is 25.2 Å². The lowest BCUT2D eigenvalue weighted by atomic mass is 9.95. The normalized spacial score (nSPS) is 12.6. The molecule has 2 rings (SSSR count). The van der Waals surface area contributed by atoms with E-state index in [1.807, 2.05) is 24.4 Å². The van der Waals surface area contributed by atoms with Crippen molar-refractivity contribution >= 4 is 20.2 Å². The summed E-state index contributed by atoms with van der Waals surface area (Å²) in [5.41, 5.74) is 0.259. The molecule has 2 aromatic heterocycles. The minimum atomic E-state index is 0.259. The van der Waals surface area contributed by atoms with E-state index in [0.717, 1.165) is 14.0 Å². The SMILES string of the molecule is CC(C)(C)c1ccc(/C=N/c2ccccn2)[pH]1. The highest BCUT2D eigenvalue weighted by molar-refractivity contribution is 7.33. The van der Waals surface area contributed by atoms with Crippen LogP contribution in [0.1, 0.15) is 31.4 Å². The van der Waals surface area contributed by atoms with Crippen LogP contribution in [0, 0.1) is 0 Å². The summed E-state index contributed by atoms with van der Waals surface area (Å²) in [4.78, 5) is 8.54.